The minimum atomic E-state index is -0.882. The maximum Gasteiger partial charge on any atom is 0.407 e. The van der Waals surface area contributed by atoms with Gasteiger partial charge in [-0.25, -0.2) is 4.79 Å². The van der Waals surface area contributed by atoms with Crippen molar-refractivity contribution in [2.24, 2.45) is 0 Å². The number of amides is 2. The second-order valence-electron chi connectivity index (χ2n) is 5.97. The highest BCUT2D eigenvalue weighted by molar-refractivity contribution is 7.10. The quantitative estimate of drug-likeness (QED) is 0.858. The molecule has 6 nitrogen and oxygen atoms in total. The van der Waals surface area contributed by atoms with Gasteiger partial charge in [-0.2, -0.15) is 0 Å². The van der Waals surface area contributed by atoms with Crippen LogP contribution in [0.25, 0.3) is 0 Å². The van der Waals surface area contributed by atoms with Crippen LogP contribution in [0.4, 0.5) is 4.79 Å². The highest BCUT2D eigenvalue weighted by atomic mass is 32.1. The van der Waals surface area contributed by atoms with E-state index in [1.54, 1.807) is 11.3 Å². The van der Waals surface area contributed by atoms with Crippen LogP contribution in [-0.4, -0.2) is 65.3 Å². The molecule has 0 unspecified atom stereocenters. The molecular weight excluding hydrogens is 304 g/mol. The fourth-order valence-corrected chi connectivity index (χ4v) is 3.84. The van der Waals surface area contributed by atoms with E-state index in [0.29, 0.717) is 45.6 Å². The summed E-state index contributed by atoms with van der Waals surface area (Å²) in [6, 6.07) is 1.92. The van der Waals surface area contributed by atoms with Gasteiger partial charge in [-0.15, -0.1) is 11.3 Å². The van der Waals surface area contributed by atoms with Crippen molar-refractivity contribution in [2.45, 2.75) is 25.4 Å². The van der Waals surface area contributed by atoms with Gasteiger partial charge in [-0.3, -0.25) is 4.79 Å². The summed E-state index contributed by atoms with van der Waals surface area (Å²) in [4.78, 5) is 28.0. The van der Waals surface area contributed by atoms with Crippen molar-refractivity contribution in [3.8, 4) is 0 Å². The van der Waals surface area contributed by atoms with Gasteiger partial charge in [-0.05, 0) is 25.8 Å². The first-order valence-electron chi connectivity index (χ1n) is 7.45. The molecule has 1 aromatic rings. The number of carbonyl (C=O) groups excluding carboxylic acids is 1. The molecule has 3 heterocycles. The number of carboxylic acid groups (broad SMARTS) is 1. The molecular formula is C15H20N2O4S. The highest BCUT2D eigenvalue weighted by Gasteiger charge is 2.42. The minimum absolute atomic E-state index is 0.0488. The lowest BCUT2D eigenvalue weighted by molar-refractivity contribution is -0.124. The number of rotatable bonds is 1. The van der Waals surface area contributed by atoms with E-state index in [1.165, 1.54) is 4.90 Å². The van der Waals surface area contributed by atoms with Crippen molar-refractivity contribution in [3.05, 3.63) is 21.9 Å². The largest absolute Gasteiger partial charge is 0.465 e. The Morgan fingerprint density at radius 1 is 1.27 bits per heavy atom. The molecule has 7 heteroatoms. The number of nitrogens with zero attached hydrogens (tertiary/aromatic N) is 2. The monoisotopic (exact) mass is 324 g/mol. The van der Waals surface area contributed by atoms with Gasteiger partial charge in [0, 0.05) is 29.9 Å². The summed E-state index contributed by atoms with van der Waals surface area (Å²) in [6.07, 6.45) is 0.407. The molecule has 0 atom stereocenters. The molecule has 22 heavy (non-hydrogen) atoms. The van der Waals surface area contributed by atoms with Gasteiger partial charge in [0.05, 0.1) is 24.3 Å². The summed E-state index contributed by atoms with van der Waals surface area (Å²) in [6.45, 7) is 4.59. The first kappa shape index (κ1) is 15.3. The van der Waals surface area contributed by atoms with Crippen LogP contribution in [0.15, 0.2) is 11.4 Å². The lowest BCUT2D eigenvalue weighted by Crippen LogP contribution is -2.58. The van der Waals surface area contributed by atoms with Crippen molar-refractivity contribution in [3.63, 3.8) is 0 Å². The zero-order valence-corrected chi connectivity index (χ0v) is 13.4. The van der Waals surface area contributed by atoms with Crippen LogP contribution in [-0.2, 0) is 4.74 Å². The first-order valence-corrected chi connectivity index (χ1v) is 8.33. The molecule has 2 fully saturated rings. The van der Waals surface area contributed by atoms with Crippen molar-refractivity contribution in [1.29, 1.82) is 0 Å². The molecule has 2 saturated heterocycles. The predicted molar refractivity (Wildman–Crippen MR) is 82.5 cm³/mol. The Labute approximate surface area is 133 Å². The molecule has 3 rings (SSSR count). The third-order valence-electron chi connectivity index (χ3n) is 4.46. The van der Waals surface area contributed by atoms with E-state index in [9.17, 15) is 9.59 Å². The Balaban J connectivity index is 1.67. The van der Waals surface area contributed by atoms with Crippen molar-refractivity contribution in [1.82, 2.24) is 9.80 Å². The number of ether oxygens (including phenoxy) is 1. The lowest BCUT2D eigenvalue weighted by atomic mass is 9.89. The fraction of sp³-hybridized carbons (Fsp3) is 0.600. The number of aryl methyl sites for hydroxylation is 1. The molecule has 0 aliphatic carbocycles. The Hall–Kier alpha value is -1.60. The maximum atomic E-state index is 12.6. The smallest absolute Gasteiger partial charge is 0.407 e. The van der Waals surface area contributed by atoms with Crippen molar-refractivity contribution >= 4 is 23.3 Å². The van der Waals surface area contributed by atoms with Crippen LogP contribution in [0, 0.1) is 6.92 Å². The number of morpholine rings is 1. The average Bonchev–Trinajstić information content (AvgIpc) is 2.93. The topological polar surface area (TPSA) is 70.1 Å². The van der Waals surface area contributed by atoms with Crippen molar-refractivity contribution < 1.29 is 19.4 Å². The van der Waals surface area contributed by atoms with Gasteiger partial charge in [0.1, 0.15) is 0 Å². The standard InChI is InChI=1S/C15H20N2O4S/c1-11-8-12(9-22-11)13(18)17-6-7-21-15(10-17)2-4-16(5-3-15)14(19)20/h8-9H,2-7,10H2,1H3,(H,19,20). The van der Waals surface area contributed by atoms with Gasteiger partial charge >= 0.3 is 6.09 Å². The predicted octanol–water partition coefficient (Wildman–Crippen LogP) is 2.04. The molecule has 1 aromatic heterocycles. The Kier molecular flexibility index (Phi) is 4.10. The average molecular weight is 324 g/mol. The number of hydrogen-bond donors (Lipinski definition) is 1. The van der Waals surface area contributed by atoms with E-state index in [4.69, 9.17) is 9.84 Å². The van der Waals surface area contributed by atoms with Crippen LogP contribution in [0.1, 0.15) is 28.1 Å². The molecule has 2 aliphatic rings. The summed E-state index contributed by atoms with van der Waals surface area (Å²) >= 11 is 1.58. The lowest BCUT2D eigenvalue weighted by Gasteiger charge is -2.46. The Morgan fingerprint density at radius 3 is 2.59 bits per heavy atom. The fourth-order valence-electron chi connectivity index (χ4n) is 3.16. The molecule has 0 bridgehead atoms. The van der Waals surface area contributed by atoms with E-state index in [1.807, 2.05) is 23.3 Å². The summed E-state index contributed by atoms with van der Waals surface area (Å²) in [7, 11) is 0. The number of hydrogen-bond acceptors (Lipinski definition) is 4. The summed E-state index contributed by atoms with van der Waals surface area (Å²) in [5, 5.41) is 10.9. The summed E-state index contributed by atoms with van der Waals surface area (Å²) in [5.74, 6) is 0.0488. The Bertz CT molecular complexity index is 578. The minimum Gasteiger partial charge on any atom is -0.465 e. The third-order valence-corrected chi connectivity index (χ3v) is 5.32. The van der Waals surface area contributed by atoms with Gasteiger partial charge in [0.2, 0.25) is 0 Å². The first-order chi connectivity index (χ1) is 10.5. The van der Waals surface area contributed by atoms with Gasteiger partial charge in [0.25, 0.3) is 5.91 Å². The normalized spacial score (nSPS) is 21.1. The van der Waals surface area contributed by atoms with Gasteiger partial charge in [-0.1, -0.05) is 0 Å². The van der Waals surface area contributed by atoms with Crippen LogP contribution >= 0.6 is 11.3 Å². The number of carbonyl (C=O) groups is 2. The van der Waals surface area contributed by atoms with E-state index >= 15 is 0 Å². The summed E-state index contributed by atoms with van der Waals surface area (Å²) in [5.41, 5.74) is 0.354. The van der Waals surface area contributed by atoms with E-state index in [2.05, 4.69) is 0 Å². The van der Waals surface area contributed by atoms with Crippen LogP contribution in [0.3, 0.4) is 0 Å². The molecule has 0 radical (unpaired) electrons. The second-order valence-corrected chi connectivity index (χ2v) is 7.09. The SMILES string of the molecule is Cc1cc(C(=O)N2CCOC3(CCN(C(=O)O)CC3)C2)cs1. The molecule has 2 aliphatic heterocycles. The number of thiophene rings is 1. The van der Waals surface area contributed by atoms with E-state index < -0.39 is 6.09 Å². The van der Waals surface area contributed by atoms with Gasteiger partial charge < -0.3 is 19.6 Å². The molecule has 1 spiro atoms. The van der Waals surface area contributed by atoms with E-state index in [-0.39, 0.29) is 11.5 Å². The second kappa shape index (κ2) is 5.89. The Morgan fingerprint density at radius 2 is 2.00 bits per heavy atom. The van der Waals surface area contributed by atoms with Crippen LogP contribution in [0.5, 0.6) is 0 Å². The molecule has 120 valence electrons. The number of piperidine rings is 1. The zero-order chi connectivity index (χ0) is 15.7. The molecule has 0 saturated carbocycles. The number of likely N-dealkylation sites (tertiary alicyclic amines) is 1. The zero-order valence-electron chi connectivity index (χ0n) is 12.6. The van der Waals surface area contributed by atoms with Crippen LogP contribution in [0.2, 0.25) is 0 Å². The molecule has 1 N–H and O–H groups in total. The van der Waals surface area contributed by atoms with E-state index in [0.717, 1.165) is 10.4 Å². The van der Waals surface area contributed by atoms with Crippen molar-refractivity contribution in [2.75, 3.05) is 32.8 Å². The summed E-state index contributed by atoms with van der Waals surface area (Å²) < 4.78 is 5.95. The molecule has 2 amide bonds. The van der Waals surface area contributed by atoms with Gasteiger partial charge in [0.15, 0.2) is 0 Å². The third kappa shape index (κ3) is 2.96. The molecule has 0 aromatic carbocycles. The maximum absolute atomic E-state index is 12.6. The van der Waals surface area contributed by atoms with Crippen LogP contribution < -0.4 is 0 Å². The highest BCUT2D eigenvalue weighted by Crippen LogP contribution is 2.31.